The third-order valence-electron chi connectivity index (χ3n) is 3.94. The molecule has 2 aliphatic heterocycles. The number of nitrogens with zero attached hydrogens (tertiary/aromatic N) is 1. The Bertz CT molecular complexity index is 445. The Morgan fingerprint density at radius 3 is 2.63 bits per heavy atom. The molecule has 0 spiro atoms. The first-order valence-electron chi connectivity index (χ1n) is 7.04. The molecule has 2 aliphatic rings. The highest BCUT2D eigenvalue weighted by Gasteiger charge is 2.23. The van der Waals surface area contributed by atoms with E-state index in [1.165, 1.54) is 6.42 Å². The second-order valence-corrected chi connectivity index (χ2v) is 5.48. The zero-order valence-corrected chi connectivity index (χ0v) is 11.3. The first-order chi connectivity index (χ1) is 9.24. The second kappa shape index (κ2) is 5.39. The van der Waals surface area contributed by atoms with E-state index < -0.39 is 6.10 Å². The topological polar surface area (TPSA) is 41.9 Å². The molecule has 4 heteroatoms. The first kappa shape index (κ1) is 12.8. The van der Waals surface area contributed by atoms with Gasteiger partial charge in [-0.15, -0.1) is 0 Å². The van der Waals surface area contributed by atoms with Crippen molar-refractivity contribution in [1.29, 1.82) is 0 Å². The normalized spacial score (nSPS) is 21.6. The van der Waals surface area contributed by atoms with Crippen molar-refractivity contribution in [1.82, 2.24) is 4.90 Å². The van der Waals surface area contributed by atoms with Crippen LogP contribution in [0.4, 0.5) is 0 Å². The number of hydrogen-bond acceptors (Lipinski definition) is 4. The molecule has 0 saturated carbocycles. The van der Waals surface area contributed by atoms with Crippen molar-refractivity contribution in [3.63, 3.8) is 0 Å². The number of rotatable bonds is 4. The van der Waals surface area contributed by atoms with E-state index in [1.54, 1.807) is 0 Å². The molecule has 0 unspecified atom stereocenters. The Kier molecular flexibility index (Phi) is 3.62. The average Bonchev–Trinajstić information content (AvgIpc) is 2.41. The highest BCUT2D eigenvalue weighted by Crippen LogP contribution is 2.34. The summed E-state index contributed by atoms with van der Waals surface area (Å²) in [6.45, 7) is 6.56. The standard InChI is InChI=1S/C15H21NO3/c1-11(10-16-5-2-6-16)15(17)12-3-4-13-14(9-12)19-8-7-18-13/h3-4,9,11,15,17H,2,5-8,10H2,1H3/t11-,15+/m1/s1. The molecule has 1 saturated heterocycles. The van der Waals surface area contributed by atoms with Gasteiger partial charge in [-0.25, -0.2) is 0 Å². The minimum atomic E-state index is -0.448. The van der Waals surface area contributed by atoms with Gasteiger partial charge < -0.3 is 19.5 Å². The molecule has 1 aromatic rings. The van der Waals surface area contributed by atoms with Gasteiger partial charge in [0.2, 0.25) is 0 Å². The molecule has 2 heterocycles. The Morgan fingerprint density at radius 1 is 1.21 bits per heavy atom. The van der Waals surface area contributed by atoms with E-state index in [0.717, 1.165) is 36.7 Å². The van der Waals surface area contributed by atoms with E-state index in [0.29, 0.717) is 13.2 Å². The Hall–Kier alpha value is -1.26. The number of hydrogen-bond donors (Lipinski definition) is 1. The van der Waals surface area contributed by atoms with Gasteiger partial charge in [0, 0.05) is 6.54 Å². The molecule has 0 amide bonds. The van der Waals surface area contributed by atoms with Crippen molar-refractivity contribution in [2.45, 2.75) is 19.4 Å². The summed E-state index contributed by atoms with van der Waals surface area (Å²) in [7, 11) is 0. The van der Waals surface area contributed by atoms with Gasteiger partial charge in [0.05, 0.1) is 6.10 Å². The van der Waals surface area contributed by atoms with E-state index >= 15 is 0 Å². The van der Waals surface area contributed by atoms with E-state index in [1.807, 2.05) is 18.2 Å². The van der Waals surface area contributed by atoms with Crippen LogP contribution in [-0.4, -0.2) is 42.9 Å². The maximum Gasteiger partial charge on any atom is 0.161 e. The van der Waals surface area contributed by atoms with Crippen LogP contribution in [0.5, 0.6) is 11.5 Å². The number of benzene rings is 1. The molecular formula is C15H21NO3. The number of ether oxygens (including phenoxy) is 2. The Labute approximate surface area is 113 Å². The zero-order valence-electron chi connectivity index (χ0n) is 11.3. The lowest BCUT2D eigenvalue weighted by Crippen LogP contribution is -2.41. The van der Waals surface area contributed by atoms with Crippen molar-refractivity contribution < 1.29 is 14.6 Å². The smallest absolute Gasteiger partial charge is 0.161 e. The van der Waals surface area contributed by atoms with Crippen molar-refractivity contribution in [2.24, 2.45) is 5.92 Å². The third kappa shape index (κ3) is 2.69. The van der Waals surface area contributed by atoms with Crippen LogP contribution in [0, 0.1) is 5.92 Å². The number of likely N-dealkylation sites (tertiary alicyclic amines) is 1. The second-order valence-electron chi connectivity index (χ2n) is 5.48. The van der Waals surface area contributed by atoms with E-state index in [2.05, 4.69) is 11.8 Å². The molecule has 1 fully saturated rings. The molecule has 3 rings (SSSR count). The van der Waals surface area contributed by atoms with Crippen LogP contribution in [0.3, 0.4) is 0 Å². The fraction of sp³-hybridized carbons (Fsp3) is 0.600. The average molecular weight is 263 g/mol. The Balaban J connectivity index is 1.69. The third-order valence-corrected chi connectivity index (χ3v) is 3.94. The molecule has 104 valence electrons. The Morgan fingerprint density at radius 2 is 1.95 bits per heavy atom. The lowest BCUT2D eigenvalue weighted by atomic mass is 9.95. The largest absolute Gasteiger partial charge is 0.486 e. The van der Waals surface area contributed by atoms with Gasteiger partial charge in [-0.2, -0.15) is 0 Å². The summed E-state index contributed by atoms with van der Waals surface area (Å²) < 4.78 is 11.1. The van der Waals surface area contributed by atoms with Crippen LogP contribution in [0.1, 0.15) is 25.0 Å². The quantitative estimate of drug-likeness (QED) is 0.900. The summed E-state index contributed by atoms with van der Waals surface area (Å²) in [6, 6.07) is 5.74. The fourth-order valence-electron chi connectivity index (χ4n) is 2.64. The van der Waals surface area contributed by atoms with Crippen molar-refractivity contribution in [2.75, 3.05) is 32.8 Å². The summed E-state index contributed by atoms with van der Waals surface area (Å²) in [6.07, 6.45) is 0.837. The van der Waals surface area contributed by atoms with Crippen LogP contribution >= 0.6 is 0 Å². The van der Waals surface area contributed by atoms with Gasteiger partial charge in [0.1, 0.15) is 13.2 Å². The summed E-state index contributed by atoms with van der Waals surface area (Å²) >= 11 is 0. The summed E-state index contributed by atoms with van der Waals surface area (Å²) in [5.74, 6) is 1.75. The molecule has 19 heavy (non-hydrogen) atoms. The predicted molar refractivity (Wildman–Crippen MR) is 72.6 cm³/mol. The molecular weight excluding hydrogens is 242 g/mol. The van der Waals surface area contributed by atoms with E-state index in [4.69, 9.17) is 9.47 Å². The van der Waals surface area contributed by atoms with Gasteiger partial charge in [-0.3, -0.25) is 0 Å². The minimum Gasteiger partial charge on any atom is -0.486 e. The van der Waals surface area contributed by atoms with Crippen molar-refractivity contribution in [3.8, 4) is 11.5 Å². The van der Waals surface area contributed by atoms with Gasteiger partial charge in [-0.05, 0) is 43.1 Å². The van der Waals surface area contributed by atoms with Crippen LogP contribution in [0.25, 0.3) is 0 Å². The van der Waals surface area contributed by atoms with Gasteiger partial charge >= 0.3 is 0 Å². The molecule has 4 nitrogen and oxygen atoms in total. The SMILES string of the molecule is C[C@H](CN1CCC1)[C@H](O)c1ccc2c(c1)OCCO2. The molecule has 0 aliphatic carbocycles. The highest BCUT2D eigenvalue weighted by molar-refractivity contribution is 5.44. The molecule has 0 aromatic heterocycles. The highest BCUT2D eigenvalue weighted by atomic mass is 16.6. The number of aliphatic hydroxyl groups excluding tert-OH is 1. The predicted octanol–water partition coefficient (Wildman–Crippen LogP) is 1.83. The maximum atomic E-state index is 10.4. The summed E-state index contributed by atoms with van der Waals surface area (Å²) in [4.78, 5) is 2.38. The van der Waals surface area contributed by atoms with Crippen LogP contribution < -0.4 is 9.47 Å². The lowest BCUT2D eigenvalue weighted by molar-refractivity contribution is 0.0673. The van der Waals surface area contributed by atoms with Crippen LogP contribution in [0.2, 0.25) is 0 Å². The molecule has 1 N–H and O–H groups in total. The van der Waals surface area contributed by atoms with Gasteiger partial charge in [0.25, 0.3) is 0 Å². The molecule has 1 aromatic carbocycles. The van der Waals surface area contributed by atoms with Gasteiger partial charge in [0.15, 0.2) is 11.5 Å². The summed E-state index contributed by atoms with van der Waals surface area (Å²) in [5.41, 5.74) is 0.914. The number of aliphatic hydroxyl groups is 1. The van der Waals surface area contributed by atoms with Crippen LogP contribution in [-0.2, 0) is 0 Å². The molecule has 0 radical (unpaired) electrons. The monoisotopic (exact) mass is 263 g/mol. The maximum absolute atomic E-state index is 10.4. The van der Waals surface area contributed by atoms with Crippen LogP contribution in [0.15, 0.2) is 18.2 Å². The molecule has 0 bridgehead atoms. The fourth-order valence-corrected chi connectivity index (χ4v) is 2.64. The molecule has 2 atom stereocenters. The zero-order chi connectivity index (χ0) is 13.2. The first-order valence-corrected chi connectivity index (χ1v) is 7.04. The van der Waals surface area contributed by atoms with Crippen molar-refractivity contribution in [3.05, 3.63) is 23.8 Å². The van der Waals surface area contributed by atoms with Gasteiger partial charge in [-0.1, -0.05) is 13.0 Å². The summed E-state index contributed by atoms with van der Waals surface area (Å²) in [5, 5.41) is 10.4. The van der Waals surface area contributed by atoms with E-state index in [9.17, 15) is 5.11 Å². The minimum absolute atomic E-state index is 0.225. The van der Waals surface area contributed by atoms with E-state index in [-0.39, 0.29) is 5.92 Å². The lowest BCUT2D eigenvalue weighted by Gasteiger charge is -2.34. The number of fused-ring (bicyclic) bond motifs is 1. The van der Waals surface area contributed by atoms with Crippen molar-refractivity contribution >= 4 is 0 Å².